The predicted octanol–water partition coefficient (Wildman–Crippen LogP) is 5.64. The molecular weight excluding hydrogens is 526 g/mol. The van der Waals surface area contributed by atoms with Gasteiger partial charge in [0.1, 0.15) is 12.6 Å². The number of carbonyl (C=O) groups is 2. The molecule has 0 saturated heterocycles. The third-order valence-electron chi connectivity index (χ3n) is 6.60. The van der Waals surface area contributed by atoms with Crippen LogP contribution in [0.15, 0.2) is 42.5 Å². The largest absolute Gasteiger partial charge is 0.399 e. The van der Waals surface area contributed by atoms with E-state index in [4.69, 9.17) is 33.7 Å². The lowest BCUT2D eigenvalue weighted by Gasteiger charge is -2.30. The molecule has 212 valence electrons. The number of carbonyl (C=O) groups excluding carboxylic acids is 2. The van der Waals surface area contributed by atoms with Gasteiger partial charge in [-0.2, -0.15) is 0 Å². The Hall–Kier alpha value is -2.19. The fourth-order valence-electron chi connectivity index (χ4n) is 4.10. The molecule has 38 heavy (non-hydrogen) atoms. The van der Waals surface area contributed by atoms with E-state index in [0.29, 0.717) is 29.4 Å². The van der Waals surface area contributed by atoms with Crippen molar-refractivity contribution in [3.63, 3.8) is 0 Å². The average Bonchev–Trinajstić information content (AvgIpc) is 3.70. The monoisotopic (exact) mass is 568 g/mol. The smallest absolute Gasteiger partial charge is 0.234 e. The van der Waals surface area contributed by atoms with Crippen molar-refractivity contribution in [3.8, 4) is 0 Å². The molecule has 4 N–H and O–H groups in total. The first kappa shape index (κ1) is 33.8. The van der Waals surface area contributed by atoms with Crippen molar-refractivity contribution in [3.05, 3.63) is 63.9 Å². The number of benzene rings is 2. The summed E-state index contributed by atoms with van der Waals surface area (Å²) in [5.74, 6) is 0.997. The maximum absolute atomic E-state index is 14.8. The zero-order valence-electron chi connectivity index (χ0n) is 23.0. The number of anilines is 1. The van der Waals surface area contributed by atoms with Crippen molar-refractivity contribution in [2.75, 3.05) is 46.0 Å². The van der Waals surface area contributed by atoms with Gasteiger partial charge in [0.25, 0.3) is 0 Å². The predicted molar refractivity (Wildman–Crippen MR) is 157 cm³/mol. The van der Waals surface area contributed by atoms with Gasteiger partial charge < -0.3 is 26.1 Å². The van der Waals surface area contributed by atoms with Crippen molar-refractivity contribution in [2.24, 2.45) is 17.8 Å². The van der Waals surface area contributed by atoms with Crippen LogP contribution < -0.4 is 16.4 Å². The van der Waals surface area contributed by atoms with E-state index in [2.05, 4.69) is 24.5 Å². The topological polar surface area (TPSA) is 87.5 Å². The minimum absolute atomic E-state index is 0.0145. The Morgan fingerprint density at radius 1 is 1.16 bits per heavy atom. The fourth-order valence-corrected chi connectivity index (χ4v) is 4.48. The summed E-state index contributed by atoms with van der Waals surface area (Å²) in [7, 11) is 3.75. The SMILES string of the molecule is C=O.CC(CNC(=O)CN(C)C)C(C)C(CCNCC1CC1)c1cccc(Cl)c1F.Nc1cccc(Cl)c1. The second-order valence-electron chi connectivity index (χ2n) is 10.1. The first-order chi connectivity index (χ1) is 18.1. The van der Waals surface area contributed by atoms with E-state index in [9.17, 15) is 9.18 Å². The van der Waals surface area contributed by atoms with Crippen LogP contribution in [0.1, 0.15) is 44.6 Å². The van der Waals surface area contributed by atoms with E-state index >= 15 is 0 Å². The maximum Gasteiger partial charge on any atom is 0.234 e. The molecular formula is C29H43Cl2FN4O2. The molecule has 0 spiro atoms. The number of hydrogen-bond acceptors (Lipinski definition) is 5. The van der Waals surface area contributed by atoms with E-state index in [0.717, 1.165) is 25.4 Å². The molecule has 0 radical (unpaired) electrons. The van der Waals surface area contributed by atoms with E-state index in [1.54, 1.807) is 24.3 Å². The van der Waals surface area contributed by atoms with Gasteiger partial charge in [0.05, 0.1) is 11.6 Å². The van der Waals surface area contributed by atoms with Crippen LogP contribution in [0.25, 0.3) is 0 Å². The van der Waals surface area contributed by atoms with Gasteiger partial charge in [0, 0.05) is 17.3 Å². The van der Waals surface area contributed by atoms with Crippen LogP contribution in [0.4, 0.5) is 10.1 Å². The lowest BCUT2D eigenvalue weighted by Crippen LogP contribution is -2.38. The third-order valence-corrected chi connectivity index (χ3v) is 7.13. The quantitative estimate of drug-likeness (QED) is 0.228. The highest BCUT2D eigenvalue weighted by Gasteiger charge is 2.28. The van der Waals surface area contributed by atoms with Gasteiger partial charge in [0.2, 0.25) is 5.91 Å². The number of halogens is 3. The fraction of sp³-hybridized carbons (Fsp3) is 0.517. The molecule has 2 aromatic rings. The molecule has 0 aromatic heterocycles. The van der Waals surface area contributed by atoms with Crippen LogP contribution in [-0.4, -0.2) is 57.9 Å². The number of nitrogens with one attached hydrogen (secondary N) is 2. The molecule has 0 aliphatic heterocycles. The second kappa shape index (κ2) is 18.2. The summed E-state index contributed by atoms with van der Waals surface area (Å²) in [6.45, 7) is 9.13. The summed E-state index contributed by atoms with van der Waals surface area (Å²) in [5, 5.41) is 7.38. The van der Waals surface area contributed by atoms with Crippen molar-refractivity contribution in [2.45, 2.75) is 39.0 Å². The van der Waals surface area contributed by atoms with Crippen molar-refractivity contribution in [1.29, 1.82) is 0 Å². The second-order valence-corrected chi connectivity index (χ2v) is 11.0. The summed E-state index contributed by atoms with van der Waals surface area (Å²) >= 11 is 11.6. The van der Waals surface area contributed by atoms with Gasteiger partial charge in [0.15, 0.2) is 0 Å². The van der Waals surface area contributed by atoms with Gasteiger partial charge in [-0.05, 0) is 99.9 Å². The Balaban J connectivity index is 0.000000607. The van der Waals surface area contributed by atoms with Crippen LogP contribution in [0.3, 0.4) is 0 Å². The molecule has 9 heteroatoms. The van der Waals surface area contributed by atoms with Gasteiger partial charge >= 0.3 is 0 Å². The number of rotatable bonds is 12. The first-order valence-corrected chi connectivity index (χ1v) is 13.7. The normalized spacial score (nSPS) is 14.8. The summed E-state index contributed by atoms with van der Waals surface area (Å²) < 4.78 is 14.8. The molecule has 1 saturated carbocycles. The minimum Gasteiger partial charge on any atom is -0.399 e. The molecule has 1 amide bonds. The Bertz CT molecular complexity index is 958. The van der Waals surface area contributed by atoms with Gasteiger partial charge in [-0.15, -0.1) is 0 Å². The molecule has 0 bridgehead atoms. The van der Waals surface area contributed by atoms with Gasteiger partial charge in [-0.25, -0.2) is 4.39 Å². The average molecular weight is 570 g/mol. The summed E-state index contributed by atoms with van der Waals surface area (Å²) in [4.78, 5) is 21.8. The number of hydrogen-bond donors (Lipinski definition) is 3. The van der Waals surface area contributed by atoms with Crippen LogP contribution in [0.2, 0.25) is 10.0 Å². The van der Waals surface area contributed by atoms with Crippen molar-refractivity contribution in [1.82, 2.24) is 15.5 Å². The molecule has 0 heterocycles. The number of likely N-dealkylation sites (N-methyl/N-ethyl adjacent to an activating group) is 1. The third kappa shape index (κ3) is 13.1. The summed E-state index contributed by atoms with van der Waals surface area (Å²) in [6.07, 6.45) is 3.49. The standard InChI is InChI=1S/C22H35ClFN3O.C6H6ClN.CH2O/c1-15(12-26-21(28)14-27(3)4)16(2)18(10-11-25-13-17-8-9-17)19-6-5-7-20(23)22(19)24;7-5-2-1-3-6(8)4-5;1-2/h5-7,15-18,25H,8-14H2,1-4H3,(H,26,28);1-4H,8H2;1H2. The molecule has 1 fully saturated rings. The van der Waals surface area contributed by atoms with Crippen LogP contribution in [-0.2, 0) is 9.59 Å². The van der Waals surface area contributed by atoms with E-state index in [-0.39, 0.29) is 34.5 Å². The van der Waals surface area contributed by atoms with Crippen LogP contribution in [0, 0.1) is 23.6 Å². The molecule has 1 aliphatic carbocycles. The number of nitrogens with zero attached hydrogens (tertiary/aromatic N) is 1. The van der Waals surface area contributed by atoms with E-state index < -0.39 is 0 Å². The number of nitrogen functional groups attached to an aromatic ring is 1. The molecule has 2 aromatic carbocycles. The first-order valence-electron chi connectivity index (χ1n) is 12.9. The number of amides is 1. The lowest BCUT2D eigenvalue weighted by molar-refractivity contribution is -0.121. The van der Waals surface area contributed by atoms with E-state index in [1.807, 2.05) is 44.0 Å². The molecule has 6 nitrogen and oxygen atoms in total. The summed E-state index contributed by atoms with van der Waals surface area (Å²) in [5.41, 5.74) is 6.76. The Morgan fingerprint density at radius 3 is 2.37 bits per heavy atom. The van der Waals surface area contributed by atoms with Crippen molar-refractivity contribution < 1.29 is 14.0 Å². The molecule has 3 rings (SSSR count). The van der Waals surface area contributed by atoms with Gasteiger partial charge in [-0.3, -0.25) is 4.79 Å². The Kier molecular flexibility index (Phi) is 16.2. The highest BCUT2D eigenvalue weighted by Crippen LogP contribution is 2.36. The van der Waals surface area contributed by atoms with E-state index in [1.165, 1.54) is 12.8 Å². The highest BCUT2D eigenvalue weighted by atomic mass is 35.5. The Morgan fingerprint density at radius 2 is 1.82 bits per heavy atom. The molecule has 3 atom stereocenters. The zero-order valence-corrected chi connectivity index (χ0v) is 24.5. The van der Waals surface area contributed by atoms with Crippen LogP contribution in [0.5, 0.6) is 0 Å². The van der Waals surface area contributed by atoms with Crippen molar-refractivity contribution >= 4 is 41.6 Å². The Labute approximate surface area is 237 Å². The maximum atomic E-state index is 14.8. The van der Waals surface area contributed by atoms with Crippen LogP contribution >= 0.6 is 23.2 Å². The minimum atomic E-state index is -0.313. The van der Waals surface area contributed by atoms with Gasteiger partial charge in [-0.1, -0.05) is 55.2 Å². The molecule has 1 aliphatic rings. The summed E-state index contributed by atoms with van der Waals surface area (Å²) in [6, 6.07) is 12.4. The number of nitrogens with two attached hydrogens (primary N) is 1. The molecule has 3 unspecified atom stereocenters. The highest BCUT2D eigenvalue weighted by molar-refractivity contribution is 6.31. The zero-order chi connectivity index (χ0) is 28.7. The lowest BCUT2D eigenvalue weighted by atomic mass is 9.77.